The van der Waals surface area contributed by atoms with Crippen molar-refractivity contribution < 1.29 is 32.1 Å². The van der Waals surface area contributed by atoms with Crippen molar-refractivity contribution in [2.75, 3.05) is 56.8 Å². The van der Waals surface area contributed by atoms with Crippen LogP contribution in [-0.4, -0.2) is 88.0 Å². The number of aliphatic hydroxyl groups is 2. The van der Waals surface area contributed by atoms with E-state index in [1.165, 1.54) is 18.4 Å². The fourth-order valence-electron chi connectivity index (χ4n) is 4.88. The van der Waals surface area contributed by atoms with E-state index in [0.717, 1.165) is 39.7 Å². The van der Waals surface area contributed by atoms with Crippen molar-refractivity contribution in [1.82, 2.24) is 4.90 Å². The summed E-state index contributed by atoms with van der Waals surface area (Å²) in [6.07, 6.45) is -0.528. The number of β-amino-alcohol motifs (C(OH)–C–C–N with tert-alkyl or cyclic N) is 1. The highest BCUT2D eigenvalue weighted by Crippen LogP contribution is 2.37. The number of thiophene rings is 1. The third kappa shape index (κ3) is 7.30. The number of sulfone groups is 1. The molecule has 4 N–H and O–H groups in total. The van der Waals surface area contributed by atoms with Crippen molar-refractivity contribution >= 4 is 42.6 Å². The fraction of sp³-hybridized carbons (Fsp3) is 0.414. The summed E-state index contributed by atoms with van der Waals surface area (Å²) in [5.74, 6) is 5.32. The summed E-state index contributed by atoms with van der Waals surface area (Å²) in [4.78, 5) is 2.02. The minimum Gasteiger partial charge on any atom is -0.495 e. The van der Waals surface area contributed by atoms with Gasteiger partial charge in [0.25, 0.3) is 0 Å². The van der Waals surface area contributed by atoms with Gasteiger partial charge in [0.05, 0.1) is 65.8 Å². The molecule has 1 aliphatic rings. The Balaban J connectivity index is 1.53. The monoisotopic (exact) mass is 618 g/mol. The molecule has 224 valence electrons. The number of halogens is 2. The number of nitriles is 1. The maximum Gasteiger partial charge on any atom is 0.178 e. The van der Waals surface area contributed by atoms with Crippen molar-refractivity contribution in [3.8, 4) is 23.7 Å². The van der Waals surface area contributed by atoms with Gasteiger partial charge in [-0.25, -0.2) is 17.2 Å². The summed E-state index contributed by atoms with van der Waals surface area (Å²) in [6, 6.07) is 9.52. The summed E-state index contributed by atoms with van der Waals surface area (Å²) >= 11 is 1.39. The summed E-state index contributed by atoms with van der Waals surface area (Å²) in [5.41, 5.74) is 1.75. The first-order valence-electron chi connectivity index (χ1n) is 13.2. The molecule has 3 aromatic rings. The SMILES string of the molecule is COc1cc(S(C)(=O)=O)c(F)cc1NCC#Cc1sc2c(NC3CCN(CC(O)CO)CC3F)cccc2c1CC#N. The molecule has 1 saturated heterocycles. The number of benzene rings is 2. The van der Waals surface area contributed by atoms with Gasteiger partial charge in [-0.3, -0.25) is 4.90 Å². The molecular weight excluding hydrogens is 586 g/mol. The molecule has 0 saturated carbocycles. The number of hydrogen-bond donors (Lipinski definition) is 4. The molecule has 0 radical (unpaired) electrons. The Labute approximate surface area is 247 Å². The lowest BCUT2D eigenvalue weighted by atomic mass is 10.0. The van der Waals surface area contributed by atoms with Crippen LogP contribution in [-0.2, 0) is 16.3 Å². The lowest BCUT2D eigenvalue weighted by Crippen LogP contribution is -2.50. The average Bonchev–Trinajstić information content (AvgIpc) is 3.30. The molecule has 2 heterocycles. The average molecular weight is 619 g/mol. The quantitative estimate of drug-likeness (QED) is 0.253. The number of likely N-dealkylation sites (tertiary alicyclic amines) is 1. The van der Waals surface area contributed by atoms with Crippen LogP contribution < -0.4 is 15.4 Å². The number of methoxy groups -OCH3 is 1. The van der Waals surface area contributed by atoms with Gasteiger partial charge < -0.3 is 25.6 Å². The van der Waals surface area contributed by atoms with Crippen LogP contribution in [0, 0.1) is 29.0 Å². The van der Waals surface area contributed by atoms with E-state index in [9.17, 15) is 23.2 Å². The summed E-state index contributed by atoms with van der Waals surface area (Å²) in [6.45, 7) is 0.653. The van der Waals surface area contributed by atoms with Crippen LogP contribution in [0.2, 0.25) is 0 Å². The molecule has 0 amide bonds. The Morgan fingerprint density at radius 2 is 2.10 bits per heavy atom. The molecule has 3 atom stereocenters. The van der Waals surface area contributed by atoms with E-state index >= 15 is 4.39 Å². The predicted octanol–water partition coefficient (Wildman–Crippen LogP) is 3.16. The number of ether oxygens (including phenoxy) is 1. The van der Waals surface area contributed by atoms with Crippen LogP contribution in [0.25, 0.3) is 10.1 Å². The highest BCUT2D eigenvalue weighted by Gasteiger charge is 2.30. The van der Waals surface area contributed by atoms with Crippen molar-refractivity contribution in [1.29, 1.82) is 5.26 Å². The van der Waals surface area contributed by atoms with Gasteiger partial charge in [0, 0.05) is 49.0 Å². The van der Waals surface area contributed by atoms with Gasteiger partial charge in [-0.1, -0.05) is 24.0 Å². The Kier molecular flexibility index (Phi) is 10.2. The summed E-state index contributed by atoms with van der Waals surface area (Å²) in [7, 11) is -2.42. The lowest BCUT2D eigenvalue weighted by molar-refractivity contribution is 0.0365. The smallest absolute Gasteiger partial charge is 0.178 e. The second kappa shape index (κ2) is 13.7. The van der Waals surface area contributed by atoms with Crippen LogP contribution in [0.5, 0.6) is 5.75 Å². The normalized spacial score (nSPS) is 18.1. The van der Waals surface area contributed by atoms with E-state index in [-0.39, 0.29) is 44.1 Å². The van der Waals surface area contributed by atoms with Gasteiger partial charge in [-0.2, -0.15) is 5.26 Å². The number of nitrogens with zero attached hydrogens (tertiary/aromatic N) is 2. The number of hydrogen-bond acceptors (Lipinski definition) is 10. The van der Waals surface area contributed by atoms with Crippen LogP contribution in [0.1, 0.15) is 16.9 Å². The predicted molar refractivity (Wildman–Crippen MR) is 159 cm³/mol. The first kappa shape index (κ1) is 31.5. The molecule has 9 nitrogen and oxygen atoms in total. The maximum atomic E-state index is 15.1. The molecule has 42 heavy (non-hydrogen) atoms. The minimum absolute atomic E-state index is 0.0897. The number of fused-ring (bicyclic) bond motifs is 1. The zero-order valence-corrected chi connectivity index (χ0v) is 24.8. The molecule has 0 bridgehead atoms. The lowest BCUT2D eigenvalue weighted by Gasteiger charge is -2.36. The van der Waals surface area contributed by atoms with E-state index in [0.29, 0.717) is 17.8 Å². The van der Waals surface area contributed by atoms with Crippen molar-refractivity contribution in [3.63, 3.8) is 0 Å². The topological polar surface area (TPSA) is 135 Å². The number of rotatable bonds is 10. The Morgan fingerprint density at radius 1 is 1.31 bits per heavy atom. The van der Waals surface area contributed by atoms with Crippen molar-refractivity contribution in [2.45, 2.75) is 36.1 Å². The molecule has 2 aromatic carbocycles. The number of anilines is 2. The first-order chi connectivity index (χ1) is 20.0. The highest BCUT2D eigenvalue weighted by molar-refractivity contribution is 7.90. The van der Waals surface area contributed by atoms with E-state index in [2.05, 4.69) is 28.5 Å². The maximum absolute atomic E-state index is 15.1. The number of aliphatic hydroxyl groups excluding tert-OH is 2. The zero-order chi connectivity index (χ0) is 30.4. The number of nitrogens with one attached hydrogen (secondary N) is 2. The molecule has 0 aliphatic carbocycles. The van der Waals surface area contributed by atoms with E-state index in [1.807, 2.05) is 18.2 Å². The van der Waals surface area contributed by atoms with E-state index in [4.69, 9.17) is 9.84 Å². The van der Waals surface area contributed by atoms with Crippen molar-refractivity contribution in [2.24, 2.45) is 0 Å². The van der Waals surface area contributed by atoms with E-state index < -0.39 is 38.9 Å². The van der Waals surface area contributed by atoms with E-state index in [1.54, 1.807) is 4.90 Å². The third-order valence-electron chi connectivity index (χ3n) is 6.94. The Hall–Kier alpha value is -3.46. The highest BCUT2D eigenvalue weighted by atomic mass is 32.2. The van der Waals surface area contributed by atoms with Crippen molar-refractivity contribution in [3.05, 3.63) is 46.6 Å². The van der Waals surface area contributed by atoms with Gasteiger partial charge in [0.1, 0.15) is 22.6 Å². The second-order valence-corrected chi connectivity index (χ2v) is 13.0. The largest absolute Gasteiger partial charge is 0.495 e. The van der Waals surface area contributed by atoms with Crippen LogP contribution in [0.4, 0.5) is 20.2 Å². The van der Waals surface area contributed by atoms with Gasteiger partial charge in [-0.05, 0) is 12.5 Å². The third-order valence-corrected chi connectivity index (χ3v) is 9.25. The molecule has 0 spiro atoms. The molecule has 1 aromatic heterocycles. The molecule has 4 rings (SSSR count). The number of piperidine rings is 1. The minimum atomic E-state index is -3.77. The summed E-state index contributed by atoms with van der Waals surface area (Å²) < 4.78 is 59.2. The second-order valence-electron chi connectivity index (χ2n) is 9.99. The van der Waals surface area contributed by atoms with Gasteiger partial charge >= 0.3 is 0 Å². The molecule has 1 aliphatic heterocycles. The number of alkyl halides is 1. The molecule has 1 fully saturated rings. The Morgan fingerprint density at radius 3 is 2.76 bits per heavy atom. The molecule has 3 unspecified atom stereocenters. The zero-order valence-electron chi connectivity index (χ0n) is 23.2. The Bertz CT molecular complexity index is 1650. The fourth-order valence-corrected chi connectivity index (χ4v) is 6.79. The first-order valence-corrected chi connectivity index (χ1v) is 15.9. The van der Waals surface area contributed by atoms with Gasteiger partial charge in [0.2, 0.25) is 0 Å². The van der Waals surface area contributed by atoms with Gasteiger partial charge in [0.15, 0.2) is 9.84 Å². The van der Waals surface area contributed by atoms with Gasteiger partial charge in [-0.15, -0.1) is 11.3 Å². The molecular formula is C29H32F2N4O5S2. The van der Waals surface area contributed by atoms with Crippen LogP contribution in [0.3, 0.4) is 0 Å². The standard InChI is InChI=1S/C29H32F2N4O5S2/c1-40-26-14-28(42(2,38)39)21(30)13-25(26)33-11-4-7-27-19(8-10-32)20-5-3-6-24(29(20)41-27)34-23-9-12-35(16-22(23)31)15-18(37)17-36/h3,5-6,13-14,18,22-23,33-34,36-37H,8-9,11-12,15-17H2,1-2H3. The van der Waals surface area contributed by atoms with Crippen LogP contribution >= 0.6 is 11.3 Å². The molecule has 13 heteroatoms. The summed E-state index contributed by atoms with van der Waals surface area (Å²) in [5, 5.41) is 35.4. The van der Waals surface area contributed by atoms with Crippen LogP contribution in [0.15, 0.2) is 35.2 Å².